The molecule has 2 nitrogen and oxygen atoms in total. The molecular formula is C29H31NO. The summed E-state index contributed by atoms with van der Waals surface area (Å²) < 4.78 is 8.57. The van der Waals surface area contributed by atoms with Crippen LogP contribution < -0.4 is 4.74 Å². The predicted molar refractivity (Wildman–Crippen MR) is 131 cm³/mol. The lowest BCUT2D eigenvalue weighted by molar-refractivity contribution is 0.341. The van der Waals surface area contributed by atoms with Gasteiger partial charge in [-0.05, 0) is 68.5 Å². The molecule has 0 radical (unpaired) electrons. The molecule has 4 rings (SSSR count). The van der Waals surface area contributed by atoms with E-state index < -0.39 is 0 Å². The summed E-state index contributed by atoms with van der Waals surface area (Å²) in [6, 6.07) is 26.0. The number of hydrogen-bond acceptors (Lipinski definition) is 1. The molecule has 0 aliphatic carbocycles. The van der Waals surface area contributed by atoms with E-state index in [9.17, 15) is 0 Å². The Hall–Kier alpha value is -3.26. The molecule has 0 aliphatic heterocycles. The Bertz CT molecular complexity index is 1170. The van der Waals surface area contributed by atoms with Gasteiger partial charge in [0.15, 0.2) is 0 Å². The van der Waals surface area contributed by atoms with Gasteiger partial charge in [0.2, 0.25) is 0 Å². The molecule has 0 saturated carbocycles. The third kappa shape index (κ3) is 4.03. The highest BCUT2D eigenvalue weighted by Crippen LogP contribution is 2.43. The summed E-state index contributed by atoms with van der Waals surface area (Å²) in [5, 5.41) is 0. The van der Waals surface area contributed by atoms with Crippen molar-refractivity contribution in [1.29, 1.82) is 0 Å². The van der Waals surface area contributed by atoms with Crippen molar-refractivity contribution in [1.82, 2.24) is 4.57 Å². The smallest absolute Gasteiger partial charge is 0.129 e. The number of rotatable bonds is 6. The first-order valence-corrected chi connectivity index (χ1v) is 11.1. The molecule has 0 amide bonds. The van der Waals surface area contributed by atoms with Gasteiger partial charge in [0.1, 0.15) is 5.75 Å². The number of aryl methyl sites for hydroxylation is 2. The zero-order chi connectivity index (χ0) is 22.0. The van der Waals surface area contributed by atoms with Gasteiger partial charge >= 0.3 is 0 Å². The van der Waals surface area contributed by atoms with Crippen LogP contribution in [0.5, 0.6) is 5.75 Å². The first-order chi connectivity index (χ1) is 15.0. The van der Waals surface area contributed by atoms with E-state index in [-0.39, 0.29) is 6.04 Å². The van der Waals surface area contributed by atoms with Crippen molar-refractivity contribution in [3.8, 4) is 28.1 Å². The fourth-order valence-corrected chi connectivity index (χ4v) is 4.55. The molecule has 0 fully saturated rings. The van der Waals surface area contributed by atoms with Crippen LogP contribution in [0.3, 0.4) is 0 Å². The maximum atomic E-state index is 6.15. The second-order valence-corrected chi connectivity index (χ2v) is 8.26. The van der Waals surface area contributed by atoms with Crippen LogP contribution in [0.4, 0.5) is 0 Å². The third-order valence-corrected chi connectivity index (χ3v) is 6.05. The Morgan fingerprint density at radius 1 is 0.871 bits per heavy atom. The Kier molecular flexibility index (Phi) is 5.99. The molecule has 0 unspecified atom stereocenters. The molecule has 0 aliphatic rings. The molecule has 31 heavy (non-hydrogen) atoms. The largest absolute Gasteiger partial charge is 0.493 e. The fraction of sp³-hybridized carbons (Fsp3) is 0.241. The van der Waals surface area contributed by atoms with Crippen molar-refractivity contribution in [2.24, 2.45) is 0 Å². The van der Waals surface area contributed by atoms with Crippen LogP contribution in [0, 0.1) is 20.8 Å². The average Bonchev–Trinajstić information content (AvgIpc) is 3.11. The number of nitrogens with zero attached hydrogens (tertiary/aromatic N) is 1. The minimum atomic E-state index is 0.197. The topological polar surface area (TPSA) is 14.2 Å². The van der Waals surface area contributed by atoms with Crippen LogP contribution in [-0.4, -0.2) is 11.2 Å². The van der Waals surface area contributed by atoms with E-state index >= 15 is 0 Å². The summed E-state index contributed by atoms with van der Waals surface area (Å²) in [6.07, 6.45) is 2.31. The van der Waals surface area contributed by atoms with Gasteiger partial charge in [-0.1, -0.05) is 66.7 Å². The molecule has 1 atom stereocenters. The van der Waals surface area contributed by atoms with E-state index in [1.165, 1.54) is 44.6 Å². The van der Waals surface area contributed by atoms with Gasteiger partial charge in [0, 0.05) is 17.3 Å². The van der Waals surface area contributed by atoms with E-state index in [0.717, 1.165) is 5.75 Å². The zero-order valence-corrected chi connectivity index (χ0v) is 19.1. The van der Waals surface area contributed by atoms with Crippen LogP contribution in [-0.2, 0) is 0 Å². The summed E-state index contributed by atoms with van der Waals surface area (Å²) in [6.45, 7) is 11.5. The van der Waals surface area contributed by atoms with Gasteiger partial charge in [0.05, 0.1) is 18.3 Å². The summed E-state index contributed by atoms with van der Waals surface area (Å²) >= 11 is 0. The summed E-state index contributed by atoms with van der Waals surface area (Å²) in [4.78, 5) is 0. The van der Waals surface area contributed by atoms with Gasteiger partial charge in [0.25, 0.3) is 0 Å². The van der Waals surface area contributed by atoms with Crippen LogP contribution >= 0.6 is 0 Å². The highest BCUT2D eigenvalue weighted by atomic mass is 16.5. The average molecular weight is 410 g/mol. The number of aromatic nitrogens is 1. The molecule has 0 saturated heterocycles. The summed E-state index contributed by atoms with van der Waals surface area (Å²) in [7, 11) is 0. The summed E-state index contributed by atoms with van der Waals surface area (Å²) in [5.41, 5.74) is 9.96. The predicted octanol–water partition coefficient (Wildman–Crippen LogP) is 7.76. The quantitative estimate of drug-likeness (QED) is 0.317. The van der Waals surface area contributed by atoms with Crippen molar-refractivity contribution in [3.63, 3.8) is 0 Å². The van der Waals surface area contributed by atoms with E-state index in [0.29, 0.717) is 6.61 Å². The first-order valence-electron chi connectivity index (χ1n) is 11.1. The maximum absolute atomic E-state index is 6.15. The van der Waals surface area contributed by atoms with Gasteiger partial charge < -0.3 is 9.30 Å². The lowest BCUT2D eigenvalue weighted by atomic mass is 9.96. The molecule has 0 bridgehead atoms. The Morgan fingerprint density at radius 3 is 2.16 bits per heavy atom. The third-order valence-electron chi connectivity index (χ3n) is 6.05. The van der Waals surface area contributed by atoms with Crippen molar-refractivity contribution in [3.05, 3.63) is 101 Å². The van der Waals surface area contributed by atoms with Crippen LogP contribution in [0.15, 0.2) is 79.0 Å². The Labute approximate surface area is 186 Å². The second kappa shape index (κ2) is 8.85. The van der Waals surface area contributed by atoms with E-state index in [4.69, 9.17) is 4.74 Å². The van der Waals surface area contributed by atoms with E-state index in [1.54, 1.807) is 0 Å². The first kappa shape index (κ1) is 21.0. The van der Waals surface area contributed by atoms with Crippen LogP contribution in [0.2, 0.25) is 0 Å². The Balaban J connectivity index is 2.01. The van der Waals surface area contributed by atoms with Crippen LogP contribution in [0.25, 0.3) is 22.4 Å². The highest BCUT2D eigenvalue weighted by Gasteiger charge is 2.23. The van der Waals surface area contributed by atoms with Crippen molar-refractivity contribution in [2.75, 3.05) is 6.61 Å². The number of benzene rings is 3. The van der Waals surface area contributed by atoms with Gasteiger partial charge in [-0.2, -0.15) is 0 Å². The lowest BCUT2D eigenvalue weighted by Crippen LogP contribution is -2.09. The molecule has 0 N–H and O–H groups in total. The molecular weight excluding hydrogens is 378 g/mol. The van der Waals surface area contributed by atoms with Gasteiger partial charge in [-0.15, -0.1) is 0 Å². The van der Waals surface area contributed by atoms with Crippen molar-refractivity contribution < 1.29 is 4.74 Å². The minimum absolute atomic E-state index is 0.197. The van der Waals surface area contributed by atoms with Gasteiger partial charge in [-0.25, -0.2) is 0 Å². The van der Waals surface area contributed by atoms with E-state index in [2.05, 4.69) is 118 Å². The van der Waals surface area contributed by atoms with Crippen molar-refractivity contribution in [2.45, 2.75) is 40.7 Å². The van der Waals surface area contributed by atoms with Crippen LogP contribution in [0.1, 0.15) is 42.1 Å². The molecule has 2 heteroatoms. The monoisotopic (exact) mass is 409 g/mol. The molecule has 3 aromatic carbocycles. The standard InChI is InChI=1S/C29H31NO/c1-6-31-27-18-20(2)17-21(3)28(27)29-22(4)26(25-15-11-8-12-16-25)19-30(29)23(5)24-13-9-7-10-14-24/h7-19,23H,6H2,1-5H3/t23-/m0/s1. The lowest BCUT2D eigenvalue weighted by Gasteiger charge is -2.22. The number of ether oxygens (including phenoxy) is 1. The normalized spacial score (nSPS) is 12.0. The minimum Gasteiger partial charge on any atom is -0.493 e. The molecule has 4 aromatic rings. The van der Waals surface area contributed by atoms with Crippen molar-refractivity contribution >= 4 is 0 Å². The van der Waals surface area contributed by atoms with E-state index in [1.807, 2.05) is 0 Å². The second-order valence-electron chi connectivity index (χ2n) is 8.26. The highest BCUT2D eigenvalue weighted by molar-refractivity contribution is 5.82. The zero-order valence-electron chi connectivity index (χ0n) is 19.1. The number of hydrogen-bond donors (Lipinski definition) is 0. The van der Waals surface area contributed by atoms with Gasteiger partial charge in [-0.3, -0.25) is 0 Å². The Morgan fingerprint density at radius 2 is 1.52 bits per heavy atom. The fourth-order valence-electron chi connectivity index (χ4n) is 4.55. The molecule has 1 heterocycles. The molecule has 0 spiro atoms. The maximum Gasteiger partial charge on any atom is 0.129 e. The molecule has 1 aromatic heterocycles. The molecule has 158 valence electrons. The summed E-state index contributed by atoms with van der Waals surface area (Å²) in [5.74, 6) is 0.960. The SMILES string of the molecule is CCOc1cc(C)cc(C)c1-c1c(C)c(-c2ccccc2)cn1[C@@H](C)c1ccccc1.